The van der Waals surface area contributed by atoms with Crippen molar-refractivity contribution in [2.75, 3.05) is 19.6 Å². The average molecular weight is 314 g/mol. The third-order valence-electron chi connectivity index (χ3n) is 4.13. The minimum atomic E-state index is -0.111. The Hall–Kier alpha value is -1.33. The van der Waals surface area contributed by atoms with Gasteiger partial charge >= 0.3 is 0 Å². The number of carbonyl (C=O) groups is 2. The molecular weight excluding hydrogens is 290 g/mol. The van der Waals surface area contributed by atoms with Crippen LogP contribution in [0.5, 0.6) is 0 Å². The lowest BCUT2D eigenvalue weighted by Gasteiger charge is -2.34. The van der Waals surface area contributed by atoms with Gasteiger partial charge < -0.3 is 15.2 Å². The molecule has 0 atom stereocenters. The van der Waals surface area contributed by atoms with Gasteiger partial charge in [0.05, 0.1) is 0 Å². The number of piperidine rings is 1. The third kappa shape index (κ3) is 4.32. The first-order chi connectivity index (χ1) is 9.41. The molecule has 1 saturated heterocycles. The first-order valence-electron chi connectivity index (χ1n) is 7.07. The zero-order valence-electron chi connectivity index (χ0n) is 12.9. The maximum Gasteiger partial charge on any atom is 0.267 e. The van der Waals surface area contributed by atoms with Crippen LogP contribution in [0.3, 0.4) is 0 Å². The molecule has 0 unspecified atom stereocenters. The first kappa shape index (κ1) is 17.7. The smallest absolute Gasteiger partial charge is 0.267 e. The summed E-state index contributed by atoms with van der Waals surface area (Å²) in [5.41, 5.74) is 1.27. The fraction of sp³-hybridized carbons (Fsp3) is 0.600. The Balaban J connectivity index is 0.00000220. The van der Waals surface area contributed by atoms with Gasteiger partial charge in [-0.05, 0) is 44.3 Å². The van der Waals surface area contributed by atoms with Crippen LogP contribution in [-0.4, -0.2) is 35.9 Å². The molecule has 118 valence electrons. The van der Waals surface area contributed by atoms with E-state index in [9.17, 15) is 9.59 Å². The topological polar surface area (TPSA) is 63.1 Å². The van der Waals surface area contributed by atoms with E-state index in [1.54, 1.807) is 23.9 Å². The second-order valence-corrected chi connectivity index (χ2v) is 6.02. The van der Waals surface area contributed by atoms with Crippen LogP contribution >= 0.6 is 12.4 Å². The number of nitrogens with one attached hydrogen (secondary N) is 2. The molecule has 2 rings (SSSR count). The second kappa shape index (κ2) is 7.09. The summed E-state index contributed by atoms with van der Waals surface area (Å²) < 4.78 is 1.71. The number of Topliss-reactive ketones (excluding diaryl/α,β-unsaturated/α-hetero) is 1. The Morgan fingerprint density at radius 2 is 2.00 bits per heavy atom. The van der Waals surface area contributed by atoms with E-state index in [2.05, 4.69) is 17.6 Å². The van der Waals surface area contributed by atoms with E-state index in [4.69, 9.17) is 0 Å². The minimum Gasteiger partial charge on any atom is -0.350 e. The number of hydrogen-bond acceptors (Lipinski definition) is 3. The highest BCUT2D eigenvalue weighted by molar-refractivity contribution is 5.99. The van der Waals surface area contributed by atoms with Crippen molar-refractivity contribution >= 4 is 24.1 Å². The molecule has 0 radical (unpaired) electrons. The first-order valence-corrected chi connectivity index (χ1v) is 7.07. The SMILES string of the molecule is CC(=O)c1cc(C(=O)NCC2(C)CCNCC2)n(C)c1.Cl. The number of ketones is 1. The van der Waals surface area contributed by atoms with Crippen molar-refractivity contribution < 1.29 is 9.59 Å². The normalized spacial score (nSPS) is 16.9. The summed E-state index contributed by atoms with van der Waals surface area (Å²) in [6.07, 6.45) is 3.84. The number of halogens is 1. The Morgan fingerprint density at radius 1 is 1.38 bits per heavy atom. The summed E-state index contributed by atoms with van der Waals surface area (Å²) in [6, 6.07) is 1.66. The van der Waals surface area contributed by atoms with E-state index < -0.39 is 0 Å². The van der Waals surface area contributed by atoms with Crippen LogP contribution in [0.1, 0.15) is 47.5 Å². The molecule has 1 aliphatic rings. The van der Waals surface area contributed by atoms with E-state index in [-0.39, 0.29) is 29.5 Å². The van der Waals surface area contributed by atoms with Crippen molar-refractivity contribution in [1.82, 2.24) is 15.2 Å². The Kier molecular flexibility index (Phi) is 5.98. The predicted octanol–water partition coefficient (Wildman–Crippen LogP) is 1.77. The molecule has 1 amide bonds. The van der Waals surface area contributed by atoms with Crippen LogP contribution in [0.2, 0.25) is 0 Å². The van der Waals surface area contributed by atoms with Crippen LogP contribution in [0.15, 0.2) is 12.3 Å². The zero-order chi connectivity index (χ0) is 14.8. The third-order valence-corrected chi connectivity index (χ3v) is 4.13. The number of aromatic nitrogens is 1. The van der Waals surface area contributed by atoms with E-state index >= 15 is 0 Å². The number of nitrogens with zero attached hydrogens (tertiary/aromatic N) is 1. The van der Waals surface area contributed by atoms with Crippen molar-refractivity contribution in [2.24, 2.45) is 12.5 Å². The van der Waals surface area contributed by atoms with Crippen LogP contribution in [0, 0.1) is 5.41 Å². The molecule has 6 heteroatoms. The predicted molar refractivity (Wildman–Crippen MR) is 85.2 cm³/mol. The lowest BCUT2D eigenvalue weighted by molar-refractivity contribution is 0.0914. The van der Waals surface area contributed by atoms with Crippen molar-refractivity contribution in [3.8, 4) is 0 Å². The molecule has 0 aromatic carbocycles. The number of carbonyl (C=O) groups excluding carboxylic acids is 2. The molecule has 0 bridgehead atoms. The zero-order valence-corrected chi connectivity index (χ0v) is 13.7. The number of amides is 1. The quantitative estimate of drug-likeness (QED) is 0.833. The Bertz CT molecular complexity index is 519. The highest BCUT2D eigenvalue weighted by Crippen LogP contribution is 2.26. The fourth-order valence-corrected chi connectivity index (χ4v) is 2.57. The summed E-state index contributed by atoms with van der Waals surface area (Å²) >= 11 is 0. The largest absolute Gasteiger partial charge is 0.350 e. The molecule has 2 heterocycles. The molecule has 21 heavy (non-hydrogen) atoms. The molecule has 1 aromatic rings. The van der Waals surface area contributed by atoms with E-state index in [0.29, 0.717) is 17.8 Å². The minimum absolute atomic E-state index is 0. The monoisotopic (exact) mass is 313 g/mol. The molecule has 2 N–H and O–H groups in total. The van der Waals surface area contributed by atoms with Crippen molar-refractivity contribution in [3.05, 3.63) is 23.5 Å². The van der Waals surface area contributed by atoms with Gasteiger partial charge in [-0.1, -0.05) is 6.92 Å². The van der Waals surface area contributed by atoms with E-state index in [0.717, 1.165) is 25.9 Å². The highest BCUT2D eigenvalue weighted by atomic mass is 35.5. The Labute approximate surface area is 131 Å². The van der Waals surface area contributed by atoms with Gasteiger partial charge in [-0.25, -0.2) is 0 Å². The van der Waals surface area contributed by atoms with Crippen LogP contribution < -0.4 is 10.6 Å². The molecule has 1 aliphatic heterocycles. The molecule has 1 aromatic heterocycles. The number of rotatable bonds is 4. The van der Waals surface area contributed by atoms with Crippen LogP contribution in [0.4, 0.5) is 0 Å². The lowest BCUT2D eigenvalue weighted by atomic mass is 9.81. The van der Waals surface area contributed by atoms with Gasteiger partial charge in [0.25, 0.3) is 5.91 Å². The summed E-state index contributed by atoms with van der Waals surface area (Å²) in [5, 5.41) is 6.33. The van der Waals surface area contributed by atoms with Crippen LogP contribution in [-0.2, 0) is 7.05 Å². The van der Waals surface area contributed by atoms with Crippen LogP contribution in [0.25, 0.3) is 0 Å². The standard InChI is InChI=1S/C15H23N3O2.ClH/c1-11(19)12-8-13(18(3)9-12)14(20)17-10-15(2)4-6-16-7-5-15;/h8-9,16H,4-7,10H2,1-3H3,(H,17,20);1H. The summed E-state index contributed by atoms with van der Waals surface area (Å²) in [7, 11) is 1.79. The summed E-state index contributed by atoms with van der Waals surface area (Å²) in [4.78, 5) is 23.6. The molecule has 0 spiro atoms. The highest BCUT2D eigenvalue weighted by Gasteiger charge is 2.27. The fourth-order valence-electron chi connectivity index (χ4n) is 2.57. The van der Waals surface area contributed by atoms with Gasteiger partial charge in [-0.2, -0.15) is 0 Å². The van der Waals surface area contributed by atoms with Crippen molar-refractivity contribution in [2.45, 2.75) is 26.7 Å². The van der Waals surface area contributed by atoms with Gasteiger partial charge in [0.1, 0.15) is 5.69 Å². The average Bonchev–Trinajstić information content (AvgIpc) is 2.79. The number of aryl methyl sites for hydroxylation is 1. The summed E-state index contributed by atoms with van der Waals surface area (Å²) in [6.45, 7) is 6.40. The molecule has 5 nitrogen and oxygen atoms in total. The van der Waals surface area contributed by atoms with E-state index in [1.165, 1.54) is 6.92 Å². The van der Waals surface area contributed by atoms with Crippen molar-refractivity contribution in [1.29, 1.82) is 0 Å². The van der Waals surface area contributed by atoms with Gasteiger partial charge in [-0.15, -0.1) is 12.4 Å². The summed E-state index contributed by atoms with van der Waals surface area (Å²) in [5.74, 6) is -0.135. The van der Waals surface area contributed by atoms with Crippen molar-refractivity contribution in [3.63, 3.8) is 0 Å². The number of hydrogen-bond donors (Lipinski definition) is 2. The molecule has 0 saturated carbocycles. The van der Waals surface area contributed by atoms with Gasteiger partial charge in [0.2, 0.25) is 0 Å². The van der Waals surface area contributed by atoms with Gasteiger partial charge in [-0.3, -0.25) is 9.59 Å². The molecule has 1 fully saturated rings. The van der Waals surface area contributed by atoms with E-state index in [1.807, 2.05) is 0 Å². The maximum atomic E-state index is 12.2. The van der Waals surface area contributed by atoms with Gasteiger partial charge in [0.15, 0.2) is 5.78 Å². The molecule has 0 aliphatic carbocycles. The Morgan fingerprint density at radius 3 is 2.52 bits per heavy atom. The maximum absolute atomic E-state index is 12.2. The second-order valence-electron chi connectivity index (χ2n) is 6.02. The van der Waals surface area contributed by atoms with Gasteiger partial charge in [0, 0.05) is 25.4 Å². The lowest BCUT2D eigenvalue weighted by Crippen LogP contribution is -2.43. The molecular formula is C15H24ClN3O2.